The molecule has 0 aromatic heterocycles. The molecule has 6 nitrogen and oxygen atoms in total. The third kappa shape index (κ3) is 5.29. The van der Waals surface area contributed by atoms with E-state index < -0.39 is 17.9 Å². The van der Waals surface area contributed by atoms with Crippen LogP contribution in [0.25, 0.3) is 0 Å². The standard InChI is InChI=1S/C19H17NO5S/c1-12(21)13-7-9-15(10-8-13)19(25)26-11-16(18(23)24)20-17(22)14-5-3-2-4-6-14/h2-10,16H,11H2,1H3,(H,20,22)(H,23,24). The molecule has 0 saturated carbocycles. The van der Waals surface area contributed by atoms with E-state index in [1.165, 1.54) is 19.1 Å². The van der Waals surface area contributed by atoms with Crippen LogP contribution >= 0.6 is 11.8 Å². The Balaban J connectivity index is 1.97. The van der Waals surface area contributed by atoms with E-state index >= 15 is 0 Å². The number of Topliss-reactive ketones (excluding diaryl/α,β-unsaturated/α-hetero) is 1. The van der Waals surface area contributed by atoms with Crippen LogP contribution in [0.4, 0.5) is 0 Å². The number of nitrogens with one attached hydrogen (secondary N) is 1. The van der Waals surface area contributed by atoms with Gasteiger partial charge in [-0.25, -0.2) is 4.79 Å². The van der Waals surface area contributed by atoms with E-state index in [2.05, 4.69) is 5.32 Å². The molecule has 2 aromatic rings. The van der Waals surface area contributed by atoms with Crippen molar-refractivity contribution in [3.8, 4) is 0 Å². The minimum Gasteiger partial charge on any atom is -0.480 e. The van der Waals surface area contributed by atoms with Crippen molar-refractivity contribution >= 4 is 34.5 Å². The fourth-order valence-corrected chi connectivity index (χ4v) is 2.94. The van der Waals surface area contributed by atoms with Gasteiger partial charge in [0.1, 0.15) is 6.04 Å². The Kier molecular flexibility index (Phi) is 6.68. The summed E-state index contributed by atoms with van der Waals surface area (Å²) in [5.74, 6) is -1.95. The van der Waals surface area contributed by atoms with E-state index in [0.717, 1.165) is 11.8 Å². The van der Waals surface area contributed by atoms with E-state index in [9.17, 15) is 24.3 Å². The molecule has 1 unspecified atom stereocenters. The fraction of sp³-hybridized carbons (Fsp3) is 0.158. The number of carbonyl (C=O) groups is 4. The quantitative estimate of drug-likeness (QED) is 0.726. The minimum atomic E-state index is -1.22. The number of carbonyl (C=O) groups excluding carboxylic acids is 3. The van der Waals surface area contributed by atoms with Gasteiger partial charge in [-0.05, 0) is 31.2 Å². The summed E-state index contributed by atoms with van der Waals surface area (Å²) in [5, 5.41) is 11.3. The second-order valence-corrected chi connectivity index (χ2v) is 6.46. The van der Waals surface area contributed by atoms with E-state index in [0.29, 0.717) is 16.7 Å². The average molecular weight is 371 g/mol. The van der Waals surface area contributed by atoms with Gasteiger partial charge in [0.25, 0.3) is 5.91 Å². The van der Waals surface area contributed by atoms with E-state index in [1.807, 2.05) is 0 Å². The summed E-state index contributed by atoms with van der Waals surface area (Å²) >= 11 is 0.798. The Morgan fingerprint density at radius 2 is 1.50 bits per heavy atom. The third-order valence-electron chi connectivity index (χ3n) is 3.55. The number of benzene rings is 2. The molecule has 0 aliphatic rings. The largest absolute Gasteiger partial charge is 0.480 e. The molecular weight excluding hydrogens is 354 g/mol. The molecule has 0 fully saturated rings. The van der Waals surface area contributed by atoms with Crippen molar-refractivity contribution in [3.05, 3.63) is 71.3 Å². The molecular formula is C19H17NO5S. The van der Waals surface area contributed by atoms with Crippen molar-refractivity contribution in [1.82, 2.24) is 5.32 Å². The Bertz CT molecular complexity index is 818. The number of thioether (sulfide) groups is 1. The van der Waals surface area contributed by atoms with Crippen molar-refractivity contribution in [1.29, 1.82) is 0 Å². The minimum absolute atomic E-state index is 0.105. The zero-order valence-electron chi connectivity index (χ0n) is 14.0. The molecule has 7 heteroatoms. The Morgan fingerprint density at radius 3 is 2.04 bits per heavy atom. The van der Waals surface area contributed by atoms with Gasteiger partial charge in [0, 0.05) is 22.4 Å². The van der Waals surface area contributed by atoms with E-state index in [4.69, 9.17) is 0 Å². The molecule has 2 rings (SSSR count). The number of carboxylic acids is 1. The number of ketones is 1. The lowest BCUT2D eigenvalue weighted by Crippen LogP contribution is -2.42. The summed E-state index contributed by atoms with van der Waals surface area (Å²) < 4.78 is 0. The van der Waals surface area contributed by atoms with Gasteiger partial charge >= 0.3 is 5.97 Å². The van der Waals surface area contributed by atoms with Gasteiger partial charge in [0.15, 0.2) is 5.78 Å². The van der Waals surface area contributed by atoms with Crippen LogP contribution in [0.1, 0.15) is 38.0 Å². The van der Waals surface area contributed by atoms with Crippen LogP contribution < -0.4 is 5.32 Å². The summed E-state index contributed by atoms with van der Waals surface area (Å²) in [6.45, 7) is 1.43. The number of hydrogen-bond donors (Lipinski definition) is 2. The van der Waals surface area contributed by atoms with Crippen LogP contribution in [0.2, 0.25) is 0 Å². The number of carboxylic acid groups (broad SMARTS) is 1. The summed E-state index contributed by atoms with van der Waals surface area (Å²) in [4.78, 5) is 46.9. The molecule has 0 bridgehead atoms. The maximum atomic E-state index is 12.2. The zero-order chi connectivity index (χ0) is 19.1. The summed E-state index contributed by atoms with van der Waals surface area (Å²) in [7, 11) is 0. The normalized spacial score (nSPS) is 11.4. The second kappa shape index (κ2) is 8.96. The molecule has 0 radical (unpaired) electrons. The molecule has 0 spiro atoms. The highest BCUT2D eigenvalue weighted by atomic mass is 32.2. The molecule has 1 atom stereocenters. The first kappa shape index (κ1) is 19.4. The highest BCUT2D eigenvalue weighted by molar-refractivity contribution is 8.14. The predicted molar refractivity (Wildman–Crippen MR) is 98.6 cm³/mol. The van der Waals surface area contributed by atoms with Crippen LogP contribution in [-0.2, 0) is 4.79 Å². The molecule has 0 heterocycles. The number of amides is 1. The summed E-state index contributed by atoms with van der Waals surface area (Å²) in [5.41, 5.74) is 1.19. The van der Waals surface area contributed by atoms with Gasteiger partial charge in [-0.15, -0.1) is 0 Å². The van der Waals surface area contributed by atoms with E-state index in [-0.39, 0.29) is 16.7 Å². The average Bonchev–Trinajstić information content (AvgIpc) is 2.65. The molecule has 0 aliphatic carbocycles. The fourth-order valence-electron chi connectivity index (χ4n) is 2.09. The van der Waals surface area contributed by atoms with Crippen LogP contribution in [0.15, 0.2) is 54.6 Å². The van der Waals surface area contributed by atoms with Crippen molar-refractivity contribution in [2.24, 2.45) is 0 Å². The molecule has 2 aromatic carbocycles. The Morgan fingerprint density at radius 1 is 0.923 bits per heavy atom. The van der Waals surface area contributed by atoms with Crippen LogP contribution in [0, 0.1) is 0 Å². The van der Waals surface area contributed by atoms with Crippen molar-refractivity contribution < 1.29 is 24.3 Å². The van der Waals surface area contributed by atoms with Crippen molar-refractivity contribution in [2.45, 2.75) is 13.0 Å². The monoisotopic (exact) mass is 371 g/mol. The van der Waals surface area contributed by atoms with Gasteiger partial charge < -0.3 is 10.4 Å². The lowest BCUT2D eigenvalue weighted by atomic mass is 10.1. The Hall–Kier alpha value is -2.93. The van der Waals surface area contributed by atoms with Gasteiger partial charge in [-0.3, -0.25) is 14.4 Å². The zero-order valence-corrected chi connectivity index (χ0v) is 14.8. The predicted octanol–water partition coefficient (Wildman–Crippen LogP) is 2.65. The lowest BCUT2D eigenvalue weighted by Gasteiger charge is -2.14. The highest BCUT2D eigenvalue weighted by Gasteiger charge is 2.22. The van der Waals surface area contributed by atoms with Gasteiger partial charge in [0.05, 0.1) is 0 Å². The maximum absolute atomic E-state index is 12.2. The summed E-state index contributed by atoms with van der Waals surface area (Å²) in [6, 6.07) is 13.2. The van der Waals surface area contributed by atoms with Crippen molar-refractivity contribution in [2.75, 3.05) is 5.75 Å². The third-order valence-corrected chi connectivity index (χ3v) is 4.55. The molecule has 26 heavy (non-hydrogen) atoms. The molecule has 1 amide bonds. The SMILES string of the molecule is CC(=O)c1ccc(C(=O)SCC(NC(=O)c2ccccc2)C(=O)O)cc1. The van der Waals surface area contributed by atoms with E-state index in [1.54, 1.807) is 42.5 Å². The molecule has 0 saturated heterocycles. The number of aliphatic carboxylic acids is 1. The first-order valence-electron chi connectivity index (χ1n) is 7.75. The lowest BCUT2D eigenvalue weighted by molar-refractivity contribution is -0.138. The number of hydrogen-bond acceptors (Lipinski definition) is 5. The molecule has 2 N–H and O–H groups in total. The topological polar surface area (TPSA) is 101 Å². The van der Waals surface area contributed by atoms with Crippen molar-refractivity contribution in [3.63, 3.8) is 0 Å². The second-order valence-electron chi connectivity index (χ2n) is 5.46. The molecule has 134 valence electrons. The van der Waals surface area contributed by atoms with Crippen LogP contribution in [0.3, 0.4) is 0 Å². The summed E-state index contributed by atoms with van der Waals surface area (Å²) in [6.07, 6.45) is 0. The van der Waals surface area contributed by atoms with Gasteiger partial charge in [-0.2, -0.15) is 0 Å². The smallest absolute Gasteiger partial charge is 0.327 e. The van der Waals surface area contributed by atoms with Gasteiger partial charge in [-0.1, -0.05) is 42.1 Å². The first-order valence-corrected chi connectivity index (χ1v) is 8.74. The van der Waals surface area contributed by atoms with Gasteiger partial charge in [0.2, 0.25) is 5.12 Å². The number of rotatable bonds is 7. The Labute approximate surface area is 154 Å². The maximum Gasteiger partial charge on any atom is 0.327 e. The van der Waals surface area contributed by atoms with Crippen LogP contribution in [-0.4, -0.2) is 39.7 Å². The highest BCUT2D eigenvalue weighted by Crippen LogP contribution is 2.15. The molecule has 0 aliphatic heterocycles. The van der Waals surface area contributed by atoms with Crippen LogP contribution in [0.5, 0.6) is 0 Å². The first-order chi connectivity index (χ1) is 12.4.